The van der Waals surface area contributed by atoms with Crippen molar-refractivity contribution in [3.8, 4) is 5.75 Å². The van der Waals surface area contributed by atoms with Crippen LogP contribution in [0.1, 0.15) is 29.8 Å². The Bertz CT molecular complexity index is 964. The number of nitrogens with zero attached hydrogens (tertiary/aromatic N) is 1. The van der Waals surface area contributed by atoms with Gasteiger partial charge in [-0.2, -0.15) is 30.7 Å². The number of carbonyl (C=O) groups excluding carboxylic acids is 1. The van der Waals surface area contributed by atoms with Gasteiger partial charge in [-0.25, -0.2) is 4.79 Å². The summed E-state index contributed by atoms with van der Waals surface area (Å²) in [6.45, 7) is 1.31. The molecule has 0 aromatic heterocycles. The van der Waals surface area contributed by atoms with Crippen LogP contribution in [0.25, 0.3) is 0 Å². The Morgan fingerprint density at radius 2 is 1.70 bits per heavy atom. The van der Waals surface area contributed by atoms with Crippen LogP contribution in [0.2, 0.25) is 0 Å². The molecule has 1 N–H and O–H groups in total. The molecule has 0 spiro atoms. The zero-order chi connectivity index (χ0) is 25.0. The van der Waals surface area contributed by atoms with Crippen molar-refractivity contribution in [2.24, 2.45) is 0 Å². The van der Waals surface area contributed by atoms with Crippen LogP contribution in [0, 0.1) is 0 Å². The quantitative estimate of drug-likeness (QED) is 0.295. The van der Waals surface area contributed by atoms with Crippen LogP contribution in [0.3, 0.4) is 0 Å². The summed E-state index contributed by atoms with van der Waals surface area (Å²) < 4.78 is 101. The Labute approximate surface area is 184 Å². The van der Waals surface area contributed by atoms with Gasteiger partial charge >= 0.3 is 24.7 Å². The number of rotatable bonds is 9. The van der Waals surface area contributed by atoms with E-state index >= 15 is 0 Å². The summed E-state index contributed by atoms with van der Waals surface area (Å²) >= 11 is 0. The number of ether oxygens (including phenoxy) is 2. The summed E-state index contributed by atoms with van der Waals surface area (Å²) in [4.78, 5) is 12.5. The SMILES string of the molecule is CCOC(=O)c1cccc(N(Cc2cccc(OC(F)(F)C(F)F)c2)C(C)(O)C(F)(F)F)c1. The minimum absolute atomic E-state index is 0.0169. The van der Waals surface area contributed by atoms with E-state index in [-0.39, 0.29) is 23.4 Å². The summed E-state index contributed by atoms with van der Waals surface area (Å²) in [6.07, 6.45) is -14.1. The number of anilines is 1. The second-order valence-corrected chi connectivity index (χ2v) is 6.99. The first-order valence-electron chi connectivity index (χ1n) is 9.47. The predicted octanol–water partition coefficient (Wildman–Crippen LogP) is 5.38. The average molecular weight is 483 g/mol. The number of hydrogen-bond acceptors (Lipinski definition) is 5. The van der Waals surface area contributed by atoms with Gasteiger partial charge in [0.25, 0.3) is 0 Å². The molecule has 0 saturated heterocycles. The molecule has 5 nitrogen and oxygen atoms in total. The van der Waals surface area contributed by atoms with E-state index in [1.807, 2.05) is 0 Å². The second kappa shape index (κ2) is 9.86. The molecule has 2 aromatic rings. The molecule has 1 atom stereocenters. The third-order valence-corrected chi connectivity index (χ3v) is 4.48. The third-order valence-electron chi connectivity index (χ3n) is 4.48. The molecule has 0 aliphatic heterocycles. The van der Waals surface area contributed by atoms with E-state index in [1.165, 1.54) is 31.2 Å². The monoisotopic (exact) mass is 483 g/mol. The molecule has 0 heterocycles. The van der Waals surface area contributed by atoms with E-state index in [1.54, 1.807) is 0 Å². The Kier molecular flexibility index (Phi) is 7.83. The fourth-order valence-electron chi connectivity index (χ4n) is 2.76. The first-order chi connectivity index (χ1) is 15.2. The van der Waals surface area contributed by atoms with Crippen molar-refractivity contribution >= 4 is 11.7 Å². The molecule has 1 unspecified atom stereocenters. The van der Waals surface area contributed by atoms with Crippen molar-refractivity contribution in [1.82, 2.24) is 0 Å². The van der Waals surface area contributed by atoms with Gasteiger partial charge in [-0.15, -0.1) is 0 Å². The first-order valence-corrected chi connectivity index (χ1v) is 9.47. The number of halogens is 7. The second-order valence-electron chi connectivity index (χ2n) is 6.99. The Balaban J connectivity index is 2.47. The van der Waals surface area contributed by atoms with E-state index in [4.69, 9.17) is 4.74 Å². The molecule has 0 bridgehead atoms. The molecule has 182 valence electrons. The van der Waals surface area contributed by atoms with E-state index < -0.39 is 42.7 Å². The summed E-state index contributed by atoms with van der Waals surface area (Å²) in [7, 11) is 0. The number of alkyl halides is 7. The van der Waals surface area contributed by atoms with Crippen LogP contribution in [0.5, 0.6) is 5.75 Å². The predicted molar refractivity (Wildman–Crippen MR) is 103 cm³/mol. The number of aliphatic hydroxyl groups is 1. The van der Waals surface area contributed by atoms with Gasteiger partial charge in [0.2, 0.25) is 5.72 Å². The number of esters is 1. The molecule has 0 aliphatic rings. The minimum Gasteiger partial charge on any atom is -0.462 e. The number of hydrogen-bond donors (Lipinski definition) is 1. The maximum absolute atomic E-state index is 13.7. The molecular formula is C21H20F7NO4. The lowest BCUT2D eigenvalue weighted by atomic mass is 10.1. The molecule has 0 aliphatic carbocycles. The van der Waals surface area contributed by atoms with Gasteiger partial charge in [0, 0.05) is 12.2 Å². The lowest BCUT2D eigenvalue weighted by Crippen LogP contribution is -2.56. The van der Waals surface area contributed by atoms with E-state index in [0.717, 1.165) is 24.3 Å². The number of carbonyl (C=O) groups is 1. The fourth-order valence-corrected chi connectivity index (χ4v) is 2.76. The van der Waals surface area contributed by atoms with Crippen molar-refractivity contribution in [3.05, 3.63) is 59.7 Å². The lowest BCUT2D eigenvalue weighted by molar-refractivity contribution is -0.253. The van der Waals surface area contributed by atoms with Gasteiger partial charge in [0.05, 0.1) is 12.2 Å². The van der Waals surface area contributed by atoms with Crippen molar-refractivity contribution in [2.75, 3.05) is 11.5 Å². The highest BCUT2D eigenvalue weighted by atomic mass is 19.4. The summed E-state index contributed by atoms with van der Waals surface area (Å²) in [6, 6.07) is 8.91. The molecule has 12 heteroatoms. The Morgan fingerprint density at radius 3 is 2.27 bits per heavy atom. The van der Waals surface area contributed by atoms with Crippen LogP contribution in [0.4, 0.5) is 36.4 Å². The van der Waals surface area contributed by atoms with Gasteiger partial charge in [-0.1, -0.05) is 18.2 Å². The molecule has 0 amide bonds. The standard InChI is InChI=1S/C21H20F7NO4/c1-3-32-17(30)14-7-5-8-15(11-14)29(19(2,31)21(26,27)28)12-13-6-4-9-16(10-13)33-20(24,25)18(22)23/h4-11,18,31H,3,12H2,1-2H3. The summed E-state index contributed by atoms with van der Waals surface area (Å²) in [5.41, 5.74) is -3.88. The normalized spacial score (nSPS) is 14.0. The third kappa shape index (κ3) is 6.28. The minimum atomic E-state index is -5.18. The Morgan fingerprint density at radius 1 is 1.06 bits per heavy atom. The van der Waals surface area contributed by atoms with Crippen molar-refractivity contribution < 1.29 is 50.1 Å². The van der Waals surface area contributed by atoms with Gasteiger partial charge in [0.1, 0.15) is 5.75 Å². The van der Waals surface area contributed by atoms with Gasteiger partial charge in [-0.05, 0) is 49.7 Å². The maximum Gasteiger partial charge on any atom is 0.461 e. The van der Waals surface area contributed by atoms with Crippen molar-refractivity contribution in [3.63, 3.8) is 0 Å². The van der Waals surface area contributed by atoms with E-state index in [9.17, 15) is 40.6 Å². The summed E-state index contributed by atoms with van der Waals surface area (Å²) in [5.74, 6) is -1.53. The molecular weight excluding hydrogens is 463 g/mol. The lowest BCUT2D eigenvalue weighted by Gasteiger charge is -2.40. The molecule has 33 heavy (non-hydrogen) atoms. The van der Waals surface area contributed by atoms with Crippen LogP contribution in [-0.2, 0) is 11.3 Å². The first kappa shape index (κ1) is 26.2. The van der Waals surface area contributed by atoms with E-state index in [2.05, 4.69) is 4.74 Å². The van der Waals surface area contributed by atoms with Gasteiger partial charge < -0.3 is 19.5 Å². The average Bonchev–Trinajstić information content (AvgIpc) is 2.71. The smallest absolute Gasteiger partial charge is 0.461 e. The fraction of sp³-hybridized carbons (Fsp3) is 0.381. The molecule has 0 fully saturated rings. The zero-order valence-corrected chi connectivity index (χ0v) is 17.4. The van der Waals surface area contributed by atoms with Crippen LogP contribution in [-0.4, -0.2) is 42.1 Å². The largest absolute Gasteiger partial charge is 0.462 e. The zero-order valence-electron chi connectivity index (χ0n) is 17.4. The van der Waals surface area contributed by atoms with Crippen LogP contribution >= 0.6 is 0 Å². The van der Waals surface area contributed by atoms with Gasteiger partial charge in [0.15, 0.2) is 0 Å². The number of benzene rings is 2. The molecule has 0 radical (unpaired) electrons. The molecule has 2 rings (SSSR count). The van der Waals surface area contributed by atoms with Crippen LogP contribution < -0.4 is 9.64 Å². The molecule has 0 saturated carbocycles. The van der Waals surface area contributed by atoms with E-state index in [0.29, 0.717) is 11.8 Å². The topological polar surface area (TPSA) is 59.0 Å². The van der Waals surface area contributed by atoms with Crippen LogP contribution in [0.15, 0.2) is 48.5 Å². The maximum atomic E-state index is 13.7. The highest BCUT2D eigenvalue weighted by Crippen LogP contribution is 2.38. The van der Waals surface area contributed by atoms with Crippen molar-refractivity contribution in [1.29, 1.82) is 0 Å². The Hall–Kier alpha value is -3.02. The highest BCUT2D eigenvalue weighted by molar-refractivity contribution is 5.90. The summed E-state index contributed by atoms with van der Waals surface area (Å²) in [5, 5.41) is 10.3. The van der Waals surface area contributed by atoms with Crippen molar-refractivity contribution in [2.45, 2.75) is 44.8 Å². The molecule has 2 aromatic carbocycles. The highest BCUT2D eigenvalue weighted by Gasteiger charge is 2.54. The van der Waals surface area contributed by atoms with Gasteiger partial charge in [-0.3, -0.25) is 0 Å².